The van der Waals surface area contributed by atoms with Gasteiger partial charge in [-0.05, 0) is 12.1 Å². The van der Waals surface area contributed by atoms with E-state index in [-0.39, 0.29) is 5.88 Å². The lowest BCUT2D eigenvalue weighted by molar-refractivity contribution is 0.393. The molecule has 0 aliphatic heterocycles. The first kappa shape index (κ1) is 11.1. The van der Waals surface area contributed by atoms with Crippen molar-refractivity contribution < 1.29 is 14.6 Å². The minimum absolute atomic E-state index is 0.193. The summed E-state index contributed by atoms with van der Waals surface area (Å²) in [4.78, 5) is 11.1. The molecule has 1 aromatic carbocycles. The molecule has 17 heavy (non-hydrogen) atoms. The Kier molecular flexibility index (Phi) is 2.78. The maximum Gasteiger partial charge on any atom is 0.268 e. The first-order chi connectivity index (χ1) is 8.15. The molecule has 0 spiro atoms. The van der Waals surface area contributed by atoms with Gasteiger partial charge in [0.15, 0.2) is 0 Å². The summed E-state index contributed by atoms with van der Waals surface area (Å²) in [6.45, 7) is 0. The number of nitrogens with one attached hydrogen (secondary N) is 1. The first-order valence-electron chi connectivity index (χ1n) is 4.89. The zero-order chi connectivity index (χ0) is 12.4. The molecule has 2 rings (SSSR count). The Hall–Kier alpha value is -2.37. The van der Waals surface area contributed by atoms with Gasteiger partial charge in [-0.15, -0.1) is 0 Å². The average Bonchev–Trinajstić information content (AvgIpc) is 2.67. The summed E-state index contributed by atoms with van der Waals surface area (Å²) in [6.07, 6.45) is 0. The highest BCUT2D eigenvalue weighted by molar-refractivity contribution is 5.52. The summed E-state index contributed by atoms with van der Waals surface area (Å²) in [5, 5.41) is 12.1. The number of hydrogen-bond acceptors (Lipinski definition) is 4. The monoisotopic (exact) mass is 236 g/mol. The molecule has 1 aromatic heterocycles. The molecule has 0 bridgehead atoms. The second kappa shape index (κ2) is 4.25. The number of methoxy groups -OCH3 is 2. The fraction of sp³-hybridized carbons (Fsp3) is 0.182. The summed E-state index contributed by atoms with van der Waals surface area (Å²) in [5.41, 5.74) is 0.0961. The standard InChI is InChI=1S/C11H12N2O4/c1-16-7-3-4-9(17-2)8(5-7)13-11(15)6-10(14)12-13/h3-6,15H,1-2H3,(H,12,14). The number of nitrogens with zero attached hydrogens (tertiary/aromatic N) is 1. The van der Waals surface area contributed by atoms with Crippen LogP contribution in [-0.4, -0.2) is 29.1 Å². The van der Waals surface area contributed by atoms with Crippen LogP contribution in [0.25, 0.3) is 5.69 Å². The number of rotatable bonds is 3. The van der Waals surface area contributed by atoms with Gasteiger partial charge in [-0.2, -0.15) is 0 Å². The van der Waals surface area contributed by atoms with E-state index in [9.17, 15) is 9.90 Å². The van der Waals surface area contributed by atoms with E-state index in [1.54, 1.807) is 18.2 Å². The maximum absolute atomic E-state index is 11.1. The van der Waals surface area contributed by atoms with Gasteiger partial charge in [0.2, 0.25) is 5.88 Å². The topological polar surface area (TPSA) is 76.5 Å². The molecule has 0 atom stereocenters. The third-order valence-corrected chi connectivity index (χ3v) is 2.34. The predicted octanol–water partition coefficient (Wildman–Crippen LogP) is 0.888. The van der Waals surface area contributed by atoms with Crippen LogP contribution >= 0.6 is 0 Å². The van der Waals surface area contributed by atoms with Crippen molar-refractivity contribution in [2.24, 2.45) is 0 Å². The van der Waals surface area contributed by atoms with E-state index in [1.807, 2.05) is 0 Å². The lowest BCUT2D eigenvalue weighted by atomic mass is 10.2. The number of aromatic nitrogens is 2. The van der Waals surface area contributed by atoms with Crippen molar-refractivity contribution in [1.82, 2.24) is 9.78 Å². The Bertz CT molecular complexity index is 585. The minimum atomic E-state index is -0.396. The van der Waals surface area contributed by atoms with Gasteiger partial charge >= 0.3 is 0 Å². The highest BCUT2D eigenvalue weighted by Gasteiger charge is 2.11. The number of ether oxygens (including phenoxy) is 2. The zero-order valence-electron chi connectivity index (χ0n) is 9.43. The lowest BCUT2D eigenvalue weighted by Gasteiger charge is -2.11. The van der Waals surface area contributed by atoms with Gasteiger partial charge in [0.1, 0.15) is 17.2 Å². The molecule has 2 aromatic rings. The van der Waals surface area contributed by atoms with Crippen LogP contribution in [0.5, 0.6) is 17.4 Å². The van der Waals surface area contributed by atoms with Crippen molar-refractivity contribution in [3.8, 4) is 23.1 Å². The summed E-state index contributed by atoms with van der Waals surface area (Å²) in [7, 11) is 3.04. The molecule has 1 heterocycles. The molecule has 0 amide bonds. The molecule has 0 saturated carbocycles. The number of benzene rings is 1. The molecule has 0 saturated heterocycles. The Morgan fingerprint density at radius 2 is 2.00 bits per heavy atom. The summed E-state index contributed by atoms with van der Waals surface area (Å²) < 4.78 is 11.5. The fourth-order valence-corrected chi connectivity index (χ4v) is 1.54. The van der Waals surface area contributed by atoms with E-state index < -0.39 is 5.56 Å². The van der Waals surface area contributed by atoms with Gasteiger partial charge in [-0.1, -0.05) is 0 Å². The third kappa shape index (κ3) is 1.96. The number of hydrogen-bond donors (Lipinski definition) is 2. The molecule has 6 heteroatoms. The van der Waals surface area contributed by atoms with Crippen LogP contribution < -0.4 is 15.0 Å². The molecule has 0 aliphatic carbocycles. The molecular formula is C11H12N2O4. The normalized spacial score (nSPS) is 10.2. The van der Waals surface area contributed by atoms with Crippen LogP contribution in [0.3, 0.4) is 0 Å². The largest absolute Gasteiger partial charge is 0.497 e. The summed E-state index contributed by atoms with van der Waals surface area (Å²) in [6, 6.07) is 6.14. The van der Waals surface area contributed by atoms with E-state index in [4.69, 9.17) is 9.47 Å². The third-order valence-electron chi connectivity index (χ3n) is 2.34. The number of aromatic hydroxyl groups is 1. The van der Waals surface area contributed by atoms with E-state index in [0.717, 1.165) is 6.07 Å². The Labute approximate surface area is 97.0 Å². The van der Waals surface area contributed by atoms with Gasteiger partial charge in [0.05, 0.1) is 20.3 Å². The van der Waals surface area contributed by atoms with Crippen molar-refractivity contribution in [2.45, 2.75) is 0 Å². The predicted molar refractivity (Wildman–Crippen MR) is 61.2 cm³/mol. The second-order valence-electron chi connectivity index (χ2n) is 3.35. The van der Waals surface area contributed by atoms with E-state index in [2.05, 4.69) is 5.10 Å². The van der Waals surface area contributed by atoms with Crippen molar-refractivity contribution in [1.29, 1.82) is 0 Å². The van der Waals surface area contributed by atoms with Crippen LogP contribution in [0, 0.1) is 0 Å². The van der Waals surface area contributed by atoms with Crippen LogP contribution in [0.4, 0.5) is 0 Å². The SMILES string of the molecule is COc1ccc(OC)c(-n2[nH]c(=O)cc2O)c1. The molecule has 0 radical (unpaired) electrons. The van der Waals surface area contributed by atoms with Crippen molar-refractivity contribution in [2.75, 3.05) is 14.2 Å². The number of aromatic amines is 1. The quantitative estimate of drug-likeness (QED) is 0.829. The van der Waals surface area contributed by atoms with Crippen LogP contribution in [0.1, 0.15) is 0 Å². The minimum Gasteiger partial charge on any atom is -0.497 e. The Balaban J connectivity index is 2.63. The van der Waals surface area contributed by atoms with Gasteiger partial charge in [0, 0.05) is 6.07 Å². The smallest absolute Gasteiger partial charge is 0.268 e. The van der Waals surface area contributed by atoms with Crippen LogP contribution in [-0.2, 0) is 0 Å². The summed E-state index contributed by atoms with van der Waals surface area (Å²) >= 11 is 0. The van der Waals surface area contributed by atoms with Gasteiger partial charge in [-0.25, -0.2) is 4.68 Å². The fourth-order valence-electron chi connectivity index (χ4n) is 1.54. The second-order valence-corrected chi connectivity index (χ2v) is 3.35. The molecule has 0 unspecified atom stereocenters. The van der Waals surface area contributed by atoms with Gasteiger partial charge < -0.3 is 14.6 Å². The highest BCUT2D eigenvalue weighted by atomic mass is 16.5. The van der Waals surface area contributed by atoms with Crippen LogP contribution in [0.15, 0.2) is 29.1 Å². The Morgan fingerprint density at radius 1 is 1.24 bits per heavy atom. The lowest BCUT2D eigenvalue weighted by Crippen LogP contribution is -2.05. The van der Waals surface area contributed by atoms with E-state index in [0.29, 0.717) is 17.2 Å². The summed E-state index contributed by atoms with van der Waals surface area (Å²) in [5.74, 6) is 0.907. The van der Waals surface area contributed by atoms with Crippen molar-refractivity contribution in [3.05, 3.63) is 34.6 Å². The van der Waals surface area contributed by atoms with Crippen molar-refractivity contribution >= 4 is 0 Å². The molecule has 0 aliphatic rings. The van der Waals surface area contributed by atoms with Crippen molar-refractivity contribution in [3.63, 3.8) is 0 Å². The zero-order valence-corrected chi connectivity index (χ0v) is 9.43. The maximum atomic E-state index is 11.1. The molecular weight excluding hydrogens is 224 g/mol. The van der Waals surface area contributed by atoms with E-state index >= 15 is 0 Å². The molecule has 0 fully saturated rings. The Morgan fingerprint density at radius 3 is 2.53 bits per heavy atom. The molecule has 2 N–H and O–H groups in total. The van der Waals surface area contributed by atoms with Crippen LogP contribution in [0.2, 0.25) is 0 Å². The van der Waals surface area contributed by atoms with E-state index in [1.165, 1.54) is 18.9 Å². The molecule has 90 valence electrons. The van der Waals surface area contributed by atoms with Gasteiger partial charge in [0.25, 0.3) is 5.56 Å². The number of H-pyrrole nitrogens is 1. The average molecular weight is 236 g/mol. The molecule has 6 nitrogen and oxygen atoms in total. The highest BCUT2D eigenvalue weighted by Crippen LogP contribution is 2.28. The first-order valence-corrected chi connectivity index (χ1v) is 4.89. The van der Waals surface area contributed by atoms with Gasteiger partial charge in [-0.3, -0.25) is 9.89 Å².